The van der Waals surface area contributed by atoms with Gasteiger partial charge in [-0.3, -0.25) is 0 Å². The summed E-state index contributed by atoms with van der Waals surface area (Å²) in [5, 5.41) is 3.29. The van der Waals surface area contributed by atoms with Gasteiger partial charge in [0.1, 0.15) is 0 Å². The standard InChI is InChI=1S/C9H12Br2N2/c1-6(5-12)13-9-3-2-7(10)4-8(9)11/h2-4,6,13H,5,12H2,1H3. The van der Waals surface area contributed by atoms with Gasteiger partial charge in [-0.2, -0.15) is 0 Å². The molecule has 0 saturated carbocycles. The normalized spacial score (nSPS) is 12.6. The van der Waals surface area contributed by atoms with Gasteiger partial charge in [0.2, 0.25) is 0 Å². The van der Waals surface area contributed by atoms with Gasteiger partial charge in [0.05, 0.1) is 0 Å². The summed E-state index contributed by atoms with van der Waals surface area (Å²) in [6.07, 6.45) is 0. The Labute approximate surface area is 95.2 Å². The van der Waals surface area contributed by atoms with Crippen molar-refractivity contribution < 1.29 is 0 Å². The van der Waals surface area contributed by atoms with Crippen molar-refractivity contribution in [1.82, 2.24) is 0 Å². The maximum atomic E-state index is 5.51. The number of hydrogen-bond acceptors (Lipinski definition) is 2. The highest BCUT2D eigenvalue weighted by Crippen LogP contribution is 2.26. The van der Waals surface area contributed by atoms with Gasteiger partial charge in [-0.05, 0) is 41.1 Å². The number of halogens is 2. The number of nitrogens with two attached hydrogens (primary N) is 1. The highest BCUT2D eigenvalue weighted by atomic mass is 79.9. The summed E-state index contributed by atoms with van der Waals surface area (Å²) in [5.74, 6) is 0. The van der Waals surface area contributed by atoms with Crippen molar-refractivity contribution >= 4 is 37.5 Å². The van der Waals surface area contributed by atoms with E-state index in [2.05, 4.69) is 44.1 Å². The zero-order valence-corrected chi connectivity index (χ0v) is 10.5. The van der Waals surface area contributed by atoms with Gasteiger partial charge in [0, 0.05) is 27.2 Å². The Morgan fingerprint density at radius 2 is 2.15 bits per heavy atom. The van der Waals surface area contributed by atoms with Crippen molar-refractivity contribution in [2.24, 2.45) is 5.73 Å². The molecule has 4 heteroatoms. The molecule has 0 spiro atoms. The van der Waals surface area contributed by atoms with Gasteiger partial charge >= 0.3 is 0 Å². The lowest BCUT2D eigenvalue weighted by Crippen LogP contribution is -2.25. The van der Waals surface area contributed by atoms with E-state index in [9.17, 15) is 0 Å². The molecule has 3 N–H and O–H groups in total. The van der Waals surface area contributed by atoms with E-state index in [0.29, 0.717) is 6.54 Å². The first kappa shape index (κ1) is 11.0. The molecule has 1 atom stereocenters. The summed E-state index contributed by atoms with van der Waals surface area (Å²) in [4.78, 5) is 0. The second kappa shape index (κ2) is 4.98. The first-order valence-electron chi connectivity index (χ1n) is 4.05. The minimum Gasteiger partial charge on any atom is -0.380 e. The Hall–Kier alpha value is -0.0600. The van der Waals surface area contributed by atoms with Crippen LogP contribution >= 0.6 is 31.9 Å². The third-order valence-electron chi connectivity index (χ3n) is 1.69. The Kier molecular flexibility index (Phi) is 4.22. The van der Waals surface area contributed by atoms with Crippen molar-refractivity contribution in [3.8, 4) is 0 Å². The van der Waals surface area contributed by atoms with Crippen molar-refractivity contribution in [2.45, 2.75) is 13.0 Å². The van der Waals surface area contributed by atoms with E-state index in [0.717, 1.165) is 14.6 Å². The molecule has 0 heterocycles. The fourth-order valence-corrected chi connectivity index (χ4v) is 2.09. The summed E-state index contributed by atoms with van der Waals surface area (Å²) in [6.45, 7) is 2.68. The summed E-state index contributed by atoms with van der Waals surface area (Å²) in [6, 6.07) is 6.31. The summed E-state index contributed by atoms with van der Waals surface area (Å²) in [5.41, 5.74) is 6.58. The van der Waals surface area contributed by atoms with Crippen LogP contribution in [-0.4, -0.2) is 12.6 Å². The van der Waals surface area contributed by atoms with Crippen molar-refractivity contribution in [2.75, 3.05) is 11.9 Å². The minimum atomic E-state index is 0.289. The van der Waals surface area contributed by atoms with E-state index in [-0.39, 0.29) is 6.04 Å². The third kappa shape index (κ3) is 3.29. The topological polar surface area (TPSA) is 38.0 Å². The summed E-state index contributed by atoms with van der Waals surface area (Å²) >= 11 is 6.87. The number of anilines is 1. The van der Waals surface area contributed by atoms with E-state index in [1.807, 2.05) is 18.2 Å². The van der Waals surface area contributed by atoms with Crippen LogP contribution in [0.2, 0.25) is 0 Å². The average molecular weight is 308 g/mol. The van der Waals surface area contributed by atoms with E-state index >= 15 is 0 Å². The molecule has 1 rings (SSSR count). The molecule has 0 bridgehead atoms. The van der Waals surface area contributed by atoms with Gasteiger partial charge in [0.25, 0.3) is 0 Å². The lowest BCUT2D eigenvalue weighted by atomic mass is 10.2. The number of rotatable bonds is 3. The highest BCUT2D eigenvalue weighted by Gasteiger charge is 2.02. The fourth-order valence-electron chi connectivity index (χ4n) is 0.931. The first-order valence-corrected chi connectivity index (χ1v) is 5.63. The molecule has 0 radical (unpaired) electrons. The monoisotopic (exact) mass is 306 g/mol. The number of hydrogen-bond donors (Lipinski definition) is 2. The summed E-state index contributed by atoms with van der Waals surface area (Å²) in [7, 11) is 0. The smallest absolute Gasteiger partial charge is 0.0487 e. The van der Waals surface area contributed by atoms with Crippen LogP contribution in [0, 0.1) is 0 Å². The molecule has 1 aromatic rings. The van der Waals surface area contributed by atoms with Crippen LogP contribution in [-0.2, 0) is 0 Å². The lowest BCUT2D eigenvalue weighted by molar-refractivity contribution is 0.803. The zero-order chi connectivity index (χ0) is 9.84. The Bertz CT molecular complexity index is 289. The maximum absolute atomic E-state index is 5.51. The van der Waals surface area contributed by atoms with Crippen LogP contribution in [0.5, 0.6) is 0 Å². The van der Waals surface area contributed by atoms with Gasteiger partial charge in [0.15, 0.2) is 0 Å². The molecule has 0 aliphatic rings. The molecule has 0 aromatic heterocycles. The van der Waals surface area contributed by atoms with Crippen molar-refractivity contribution in [3.63, 3.8) is 0 Å². The van der Waals surface area contributed by atoms with Crippen LogP contribution in [0.3, 0.4) is 0 Å². The predicted molar refractivity (Wildman–Crippen MR) is 64.0 cm³/mol. The second-order valence-electron chi connectivity index (χ2n) is 2.91. The molecular weight excluding hydrogens is 296 g/mol. The minimum absolute atomic E-state index is 0.289. The fraction of sp³-hybridized carbons (Fsp3) is 0.333. The number of nitrogens with one attached hydrogen (secondary N) is 1. The molecule has 72 valence electrons. The van der Waals surface area contributed by atoms with Crippen molar-refractivity contribution in [1.29, 1.82) is 0 Å². The molecular formula is C9H12Br2N2. The third-order valence-corrected chi connectivity index (χ3v) is 2.84. The molecule has 2 nitrogen and oxygen atoms in total. The molecule has 1 aromatic carbocycles. The second-order valence-corrected chi connectivity index (χ2v) is 4.68. The van der Waals surface area contributed by atoms with E-state index < -0.39 is 0 Å². The molecule has 1 unspecified atom stereocenters. The predicted octanol–water partition coefficient (Wildman–Crippen LogP) is 2.97. The zero-order valence-electron chi connectivity index (χ0n) is 7.35. The van der Waals surface area contributed by atoms with Crippen LogP contribution in [0.4, 0.5) is 5.69 Å². The Balaban J connectivity index is 2.77. The molecule has 0 saturated heterocycles. The summed E-state index contributed by atoms with van der Waals surface area (Å²) < 4.78 is 2.10. The molecule has 13 heavy (non-hydrogen) atoms. The van der Waals surface area contributed by atoms with Gasteiger partial charge in [-0.25, -0.2) is 0 Å². The highest BCUT2D eigenvalue weighted by molar-refractivity contribution is 9.11. The van der Waals surface area contributed by atoms with Crippen LogP contribution in [0.15, 0.2) is 27.1 Å². The van der Waals surface area contributed by atoms with Gasteiger partial charge in [-0.15, -0.1) is 0 Å². The van der Waals surface area contributed by atoms with E-state index in [4.69, 9.17) is 5.73 Å². The molecule has 0 amide bonds. The molecule has 0 aliphatic heterocycles. The van der Waals surface area contributed by atoms with Gasteiger partial charge in [-0.1, -0.05) is 15.9 Å². The lowest BCUT2D eigenvalue weighted by Gasteiger charge is -2.14. The van der Waals surface area contributed by atoms with Crippen molar-refractivity contribution in [3.05, 3.63) is 27.1 Å². The number of benzene rings is 1. The molecule has 0 aliphatic carbocycles. The average Bonchev–Trinajstić information content (AvgIpc) is 2.09. The van der Waals surface area contributed by atoms with Crippen LogP contribution < -0.4 is 11.1 Å². The van der Waals surface area contributed by atoms with Crippen LogP contribution in [0.25, 0.3) is 0 Å². The first-order chi connectivity index (χ1) is 6.13. The quantitative estimate of drug-likeness (QED) is 0.901. The SMILES string of the molecule is CC(CN)Nc1ccc(Br)cc1Br. The maximum Gasteiger partial charge on any atom is 0.0487 e. The van der Waals surface area contributed by atoms with E-state index in [1.165, 1.54) is 0 Å². The largest absolute Gasteiger partial charge is 0.380 e. The van der Waals surface area contributed by atoms with E-state index in [1.54, 1.807) is 0 Å². The Morgan fingerprint density at radius 1 is 1.46 bits per heavy atom. The van der Waals surface area contributed by atoms with Crippen LogP contribution in [0.1, 0.15) is 6.92 Å². The van der Waals surface area contributed by atoms with Gasteiger partial charge < -0.3 is 11.1 Å². The molecule has 0 fully saturated rings. The Morgan fingerprint density at radius 3 is 2.69 bits per heavy atom.